The molecule has 2 nitrogen and oxygen atoms in total. The molecule has 2 aromatic heterocycles. The minimum atomic E-state index is -0.415. The van der Waals surface area contributed by atoms with Crippen molar-refractivity contribution < 1.29 is 0 Å². The molecular weight excluding hydrogens is 643 g/mol. The highest BCUT2D eigenvalue weighted by molar-refractivity contribution is 7.25. The SMILES string of the molecule is BC(=C)/C(B)=C(B)\C(B)=C(/B)n1c(-c2ccc(C34C=CC=CC3=C(c3cccc5sc6ccccc6c35)c3ccccc34)cc2)nc2ccccc21. The molecule has 0 saturated carbocycles. The van der Waals surface area contributed by atoms with E-state index < -0.39 is 5.41 Å². The van der Waals surface area contributed by atoms with Crippen LogP contribution in [-0.2, 0) is 5.41 Å². The first kappa shape index (κ1) is 32.5. The second kappa shape index (κ2) is 12.4. The second-order valence-electron chi connectivity index (χ2n) is 14.2. The van der Waals surface area contributed by atoms with Crippen LogP contribution in [0.25, 0.3) is 53.8 Å². The molecule has 9 rings (SSSR count). The van der Waals surface area contributed by atoms with E-state index in [-0.39, 0.29) is 0 Å². The van der Waals surface area contributed by atoms with Crippen molar-refractivity contribution in [3.8, 4) is 11.4 Å². The molecule has 1 atom stereocenters. The highest BCUT2D eigenvalue weighted by Crippen LogP contribution is 2.56. The zero-order valence-corrected chi connectivity index (χ0v) is 31.1. The lowest BCUT2D eigenvalue weighted by atomic mass is 9.63. The number of thiophene rings is 1. The van der Waals surface area contributed by atoms with Gasteiger partial charge in [-0.15, -0.1) is 34.3 Å². The van der Waals surface area contributed by atoms with E-state index in [1.165, 1.54) is 75.6 Å². The second-order valence-corrected chi connectivity index (χ2v) is 15.3. The quantitative estimate of drug-likeness (QED) is 0.149. The number of imidazole rings is 1. The van der Waals surface area contributed by atoms with Crippen molar-refractivity contribution in [1.82, 2.24) is 9.55 Å². The van der Waals surface area contributed by atoms with Gasteiger partial charge in [-0.2, -0.15) is 0 Å². The van der Waals surface area contributed by atoms with Gasteiger partial charge in [0.15, 0.2) is 7.85 Å². The molecule has 0 bridgehead atoms. The highest BCUT2D eigenvalue weighted by atomic mass is 32.1. The maximum absolute atomic E-state index is 5.23. The van der Waals surface area contributed by atoms with E-state index in [9.17, 15) is 0 Å². The van der Waals surface area contributed by atoms with E-state index in [1.807, 2.05) is 11.3 Å². The van der Waals surface area contributed by atoms with Gasteiger partial charge in [-0.25, -0.2) is 4.98 Å². The summed E-state index contributed by atoms with van der Waals surface area (Å²) < 4.78 is 4.98. The Morgan fingerprint density at radius 1 is 0.673 bits per heavy atom. The van der Waals surface area contributed by atoms with Crippen molar-refractivity contribution in [3.63, 3.8) is 0 Å². The molecule has 0 spiro atoms. The minimum absolute atomic E-state index is 0.415. The summed E-state index contributed by atoms with van der Waals surface area (Å²) in [5.74, 6) is 0.946. The fourth-order valence-electron chi connectivity index (χ4n) is 8.44. The Morgan fingerprint density at radius 2 is 1.38 bits per heavy atom. The van der Waals surface area contributed by atoms with Crippen LogP contribution in [0.1, 0.15) is 22.3 Å². The molecule has 2 aliphatic rings. The van der Waals surface area contributed by atoms with E-state index in [2.05, 4.69) is 190 Å². The number of allylic oxidation sites excluding steroid dienone is 9. The van der Waals surface area contributed by atoms with E-state index in [0.29, 0.717) is 0 Å². The van der Waals surface area contributed by atoms with Gasteiger partial charge in [0.2, 0.25) is 0 Å². The lowest BCUT2D eigenvalue weighted by Crippen LogP contribution is -2.26. The number of fused-ring (bicyclic) bond motifs is 7. The van der Waals surface area contributed by atoms with Gasteiger partial charge >= 0.3 is 0 Å². The number of hydrogen-bond donors (Lipinski definition) is 0. The minimum Gasteiger partial charge on any atom is -0.307 e. The first-order chi connectivity index (χ1) is 25.3. The maximum atomic E-state index is 5.23. The van der Waals surface area contributed by atoms with Crippen LogP contribution in [0.2, 0.25) is 0 Å². The summed E-state index contributed by atoms with van der Waals surface area (Å²) in [7, 11) is 10.9. The number of hydrogen-bond acceptors (Lipinski definition) is 2. The zero-order valence-electron chi connectivity index (χ0n) is 30.3. The summed E-state index contributed by atoms with van der Waals surface area (Å²) in [6.45, 7) is 4.21. The Morgan fingerprint density at radius 3 is 2.21 bits per heavy atom. The van der Waals surface area contributed by atoms with Gasteiger partial charge in [0, 0.05) is 25.7 Å². The molecule has 7 aromatic rings. The van der Waals surface area contributed by atoms with Crippen LogP contribution in [0.4, 0.5) is 0 Å². The molecule has 2 aliphatic carbocycles. The lowest BCUT2D eigenvalue weighted by Gasteiger charge is -2.32. The molecule has 52 heavy (non-hydrogen) atoms. The van der Waals surface area contributed by atoms with Crippen LogP contribution in [0.5, 0.6) is 0 Å². The Labute approximate surface area is 313 Å². The third-order valence-corrected chi connectivity index (χ3v) is 12.6. The number of benzene rings is 5. The van der Waals surface area contributed by atoms with E-state index in [1.54, 1.807) is 0 Å². The number of para-hydroxylation sites is 2. The molecule has 0 aliphatic heterocycles. The van der Waals surface area contributed by atoms with Crippen LogP contribution in [0.15, 0.2) is 174 Å². The van der Waals surface area contributed by atoms with E-state index >= 15 is 0 Å². The Balaban J connectivity index is 1.24. The first-order valence-corrected chi connectivity index (χ1v) is 18.8. The molecule has 0 radical (unpaired) electrons. The number of rotatable bonds is 6. The number of aromatic nitrogens is 2. The molecule has 0 fully saturated rings. The topological polar surface area (TPSA) is 17.8 Å². The molecule has 2 heterocycles. The van der Waals surface area contributed by atoms with Crippen LogP contribution in [0, 0.1) is 0 Å². The Kier molecular flexibility index (Phi) is 7.71. The van der Waals surface area contributed by atoms with Crippen molar-refractivity contribution in [2.75, 3.05) is 0 Å². The number of nitrogens with zero attached hydrogens (tertiary/aromatic N) is 2. The van der Waals surface area contributed by atoms with Crippen LogP contribution in [0.3, 0.4) is 0 Å². The van der Waals surface area contributed by atoms with Crippen molar-refractivity contribution in [3.05, 3.63) is 196 Å². The molecule has 5 aromatic carbocycles. The first-order valence-electron chi connectivity index (χ1n) is 18.0. The molecule has 1 unspecified atom stereocenters. The zero-order chi connectivity index (χ0) is 35.7. The third-order valence-electron chi connectivity index (χ3n) is 11.5. The summed E-state index contributed by atoms with van der Waals surface area (Å²) in [4.78, 5) is 5.23. The van der Waals surface area contributed by atoms with Gasteiger partial charge in [0.25, 0.3) is 0 Å². The monoisotopic (exact) mass is 678 g/mol. The average molecular weight is 678 g/mol. The fraction of sp³-hybridized carbons (Fsp3) is 0.0227. The van der Waals surface area contributed by atoms with Crippen molar-refractivity contribution in [1.29, 1.82) is 0 Å². The standard InChI is InChI=1S/C44H35B5N2S/c1-25(45)39(46)40(47)41(48)42(49)51-34-17-6-5-16-33(34)50-43(51)26-20-22-27(23-21-26)44-24-9-8-15-32(44)37(28-11-2-4-14-31(28)44)30-13-10-19-36-38(30)29-12-3-7-18-35(29)52-36/h2-24H,1,45-49H2/b40-39-,42-41-. The third kappa shape index (κ3) is 4.74. The fourth-order valence-corrected chi connectivity index (χ4v) is 9.57. The van der Waals surface area contributed by atoms with Gasteiger partial charge in [0.1, 0.15) is 37.2 Å². The van der Waals surface area contributed by atoms with Crippen LogP contribution in [-0.4, -0.2) is 48.8 Å². The highest BCUT2D eigenvalue weighted by Gasteiger charge is 2.45. The van der Waals surface area contributed by atoms with Gasteiger partial charge < -0.3 is 4.57 Å². The van der Waals surface area contributed by atoms with Gasteiger partial charge in [-0.05, 0) is 63.3 Å². The smallest absolute Gasteiger partial charge is 0.160 e. The summed E-state index contributed by atoms with van der Waals surface area (Å²) in [5.41, 5.74) is 16.5. The summed E-state index contributed by atoms with van der Waals surface area (Å²) in [5, 5.41) is 2.67. The van der Waals surface area contributed by atoms with Gasteiger partial charge in [0.05, 0.1) is 16.4 Å². The van der Waals surface area contributed by atoms with Gasteiger partial charge in [-0.1, -0.05) is 121 Å². The molecule has 242 valence electrons. The molecule has 8 heteroatoms. The molecule has 0 amide bonds. The molecular formula is C44H35B5N2S. The molecule has 0 saturated heterocycles. The van der Waals surface area contributed by atoms with Crippen LogP contribution < -0.4 is 0 Å². The predicted molar refractivity (Wildman–Crippen MR) is 238 cm³/mol. The summed E-state index contributed by atoms with van der Waals surface area (Å²) in [6.07, 6.45) is 9.16. The lowest BCUT2D eigenvalue weighted by molar-refractivity contribution is 0.791. The van der Waals surface area contributed by atoms with Gasteiger partial charge in [-0.3, -0.25) is 0 Å². The van der Waals surface area contributed by atoms with Crippen molar-refractivity contribution in [2.24, 2.45) is 0 Å². The van der Waals surface area contributed by atoms with Crippen LogP contribution >= 0.6 is 11.3 Å². The largest absolute Gasteiger partial charge is 0.307 e. The Bertz CT molecular complexity index is 2810. The van der Waals surface area contributed by atoms with E-state index in [4.69, 9.17) is 4.98 Å². The van der Waals surface area contributed by atoms with Crippen molar-refractivity contribution >= 4 is 92.9 Å². The average Bonchev–Trinajstić information content (AvgIpc) is 3.85. The maximum Gasteiger partial charge on any atom is 0.160 e. The normalized spacial score (nSPS) is 17.4. The summed E-state index contributed by atoms with van der Waals surface area (Å²) >= 11 is 1.88. The predicted octanol–water partition coefficient (Wildman–Crippen LogP) is 6.32. The Hall–Kier alpha value is -5.45. The summed E-state index contributed by atoms with van der Waals surface area (Å²) in [6, 6.07) is 42.3. The molecule has 0 N–H and O–H groups in total. The van der Waals surface area contributed by atoms with E-state index in [0.717, 1.165) is 27.9 Å². The van der Waals surface area contributed by atoms with Crippen molar-refractivity contribution in [2.45, 2.75) is 5.41 Å².